The van der Waals surface area contributed by atoms with E-state index in [0.717, 1.165) is 6.42 Å². The number of carbonyl (C=O) groups excluding carboxylic acids is 1. The quantitative estimate of drug-likeness (QED) is 0.691. The number of nitrogens with one attached hydrogen (secondary N) is 1. The van der Waals surface area contributed by atoms with Crippen LogP contribution in [-0.4, -0.2) is 67.1 Å². The maximum atomic E-state index is 12.1. The largest absolute Gasteiger partial charge is 0.388 e. The van der Waals surface area contributed by atoms with Crippen molar-refractivity contribution in [1.82, 2.24) is 10.2 Å². The Morgan fingerprint density at radius 1 is 1.53 bits per heavy atom. The molecule has 19 heavy (non-hydrogen) atoms. The van der Waals surface area contributed by atoms with Crippen molar-refractivity contribution in [3.05, 3.63) is 0 Å². The number of hydrogen-bond acceptors (Lipinski definition) is 5. The smallest absolute Gasteiger partial charge is 0.224 e. The number of hydrogen-bond donors (Lipinski definition) is 2. The van der Waals surface area contributed by atoms with Gasteiger partial charge in [0.15, 0.2) is 9.84 Å². The van der Waals surface area contributed by atoms with Crippen LogP contribution < -0.4 is 5.32 Å². The van der Waals surface area contributed by atoms with Crippen molar-refractivity contribution in [3.8, 4) is 0 Å². The number of carbonyl (C=O) groups is 1. The monoisotopic (exact) mass is 290 g/mol. The van der Waals surface area contributed by atoms with Gasteiger partial charge in [-0.15, -0.1) is 0 Å². The highest BCUT2D eigenvalue weighted by Crippen LogP contribution is 2.21. The normalized spacial score (nSPS) is 35.1. The Morgan fingerprint density at radius 2 is 2.26 bits per heavy atom. The van der Waals surface area contributed by atoms with E-state index < -0.39 is 15.4 Å². The molecule has 2 unspecified atom stereocenters. The highest BCUT2D eigenvalue weighted by molar-refractivity contribution is 7.91. The first kappa shape index (κ1) is 14.7. The minimum absolute atomic E-state index is 0.0307. The van der Waals surface area contributed by atoms with E-state index in [-0.39, 0.29) is 29.9 Å². The summed E-state index contributed by atoms with van der Waals surface area (Å²) in [5.74, 6) is 0.105. The first-order valence-electron chi connectivity index (χ1n) is 6.71. The Bertz CT molecular complexity index is 447. The van der Waals surface area contributed by atoms with Crippen LogP contribution in [0.15, 0.2) is 0 Å². The summed E-state index contributed by atoms with van der Waals surface area (Å²) < 4.78 is 23.0. The molecular formula is C12H22N2O4S. The van der Waals surface area contributed by atoms with Gasteiger partial charge in [-0.2, -0.15) is 0 Å². The summed E-state index contributed by atoms with van der Waals surface area (Å²) in [5.41, 5.74) is -0.819. The third-order valence-corrected chi connectivity index (χ3v) is 5.49. The number of aliphatic hydroxyl groups is 1. The lowest BCUT2D eigenvalue weighted by Crippen LogP contribution is -2.52. The molecule has 2 atom stereocenters. The van der Waals surface area contributed by atoms with Gasteiger partial charge < -0.3 is 15.3 Å². The molecule has 0 saturated carbocycles. The SMILES string of the molecule is CC1(O)CCCN(C(=O)CC2CS(=O)(=O)CCN2)C1. The van der Waals surface area contributed by atoms with E-state index in [4.69, 9.17) is 0 Å². The number of nitrogens with zero attached hydrogens (tertiary/aromatic N) is 1. The number of likely N-dealkylation sites (tertiary alicyclic amines) is 1. The first-order chi connectivity index (χ1) is 8.77. The third kappa shape index (κ3) is 4.15. The molecule has 0 spiro atoms. The van der Waals surface area contributed by atoms with E-state index in [1.807, 2.05) is 0 Å². The lowest BCUT2D eigenvalue weighted by atomic mass is 9.95. The number of sulfone groups is 1. The van der Waals surface area contributed by atoms with Crippen molar-refractivity contribution in [2.45, 2.75) is 37.8 Å². The summed E-state index contributed by atoms with van der Waals surface area (Å²) >= 11 is 0. The zero-order valence-corrected chi connectivity index (χ0v) is 12.1. The second-order valence-electron chi connectivity index (χ2n) is 5.89. The molecule has 2 saturated heterocycles. The molecule has 0 aromatic heterocycles. The van der Waals surface area contributed by atoms with Gasteiger partial charge in [-0.1, -0.05) is 0 Å². The van der Waals surface area contributed by atoms with Gasteiger partial charge in [0, 0.05) is 32.1 Å². The standard InChI is InChI=1S/C12H22N2O4S/c1-12(16)3-2-5-14(9-12)11(15)7-10-8-19(17,18)6-4-13-10/h10,13,16H,2-9H2,1H3. The molecule has 0 aliphatic carbocycles. The summed E-state index contributed by atoms with van der Waals surface area (Å²) in [6.07, 6.45) is 1.68. The van der Waals surface area contributed by atoms with Crippen LogP contribution in [0, 0.1) is 0 Å². The average molecular weight is 290 g/mol. The van der Waals surface area contributed by atoms with Crippen LogP contribution in [-0.2, 0) is 14.6 Å². The minimum Gasteiger partial charge on any atom is -0.388 e. The highest BCUT2D eigenvalue weighted by Gasteiger charge is 2.33. The molecule has 0 bridgehead atoms. The maximum Gasteiger partial charge on any atom is 0.224 e. The summed E-state index contributed by atoms with van der Waals surface area (Å²) in [6, 6.07) is -0.293. The molecule has 2 N–H and O–H groups in total. The average Bonchev–Trinajstić information content (AvgIpc) is 2.26. The van der Waals surface area contributed by atoms with Gasteiger partial charge in [-0.05, 0) is 19.8 Å². The van der Waals surface area contributed by atoms with Gasteiger partial charge in [0.2, 0.25) is 5.91 Å². The van der Waals surface area contributed by atoms with Crippen molar-refractivity contribution in [2.24, 2.45) is 0 Å². The maximum absolute atomic E-state index is 12.1. The molecule has 0 aromatic rings. The van der Waals surface area contributed by atoms with Crippen LogP contribution in [0.1, 0.15) is 26.2 Å². The topological polar surface area (TPSA) is 86.7 Å². The molecule has 2 rings (SSSR count). The Balaban J connectivity index is 1.90. The van der Waals surface area contributed by atoms with Crippen molar-refractivity contribution >= 4 is 15.7 Å². The lowest BCUT2D eigenvalue weighted by Gasteiger charge is -2.37. The summed E-state index contributed by atoms with van der Waals surface area (Å²) in [4.78, 5) is 13.8. The van der Waals surface area contributed by atoms with Crippen molar-refractivity contribution in [3.63, 3.8) is 0 Å². The zero-order chi connectivity index (χ0) is 14.1. The van der Waals surface area contributed by atoms with Crippen molar-refractivity contribution in [2.75, 3.05) is 31.1 Å². The minimum atomic E-state index is -3.01. The molecule has 0 aromatic carbocycles. The Labute approximate surface area is 114 Å². The van der Waals surface area contributed by atoms with Gasteiger partial charge in [0.05, 0.1) is 17.1 Å². The van der Waals surface area contributed by atoms with Crippen LogP contribution in [0.2, 0.25) is 0 Å². The van der Waals surface area contributed by atoms with Crippen LogP contribution in [0.5, 0.6) is 0 Å². The number of amides is 1. The van der Waals surface area contributed by atoms with Gasteiger partial charge in [-0.25, -0.2) is 8.42 Å². The second-order valence-corrected chi connectivity index (χ2v) is 8.11. The fraction of sp³-hybridized carbons (Fsp3) is 0.917. The molecule has 2 aliphatic rings. The fourth-order valence-corrected chi connectivity index (χ4v) is 4.22. The number of β-amino-alcohol motifs (C(OH)–C–C–N with tert-alkyl or cyclic N) is 1. The zero-order valence-electron chi connectivity index (χ0n) is 11.3. The summed E-state index contributed by atoms with van der Waals surface area (Å²) in [6.45, 7) is 3.13. The summed E-state index contributed by atoms with van der Waals surface area (Å²) in [5, 5.41) is 13.1. The van der Waals surface area contributed by atoms with Crippen LogP contribution in [0.25, 0.3) is 0 Å². The molecule has 6 nitrogen and oxygen atoms in total. The predicted molar refractivity (Wildman–Crippen MR) is 71.5 cm³/mol. The lowest BCUT2D eigenvalue weighted by molar-refractivity contribution is -0.137. The third-order valence-electron chi connectivity index (χ3n) is 3.75. The van der Waals surface area contributed by atoms with Crippen molar-refractivity contribution in [1.29, 1.82) is 0 Å². The number of piperidine rings is 1. The summed E-state index contributed by atoms with van der Waals surface area (Å²) in [7, 11) is -3.01. The van der Waals surface area contributed by atoms with Crippen LogP contribution in [0.4, 0.5) is 0 Å². The predicted octanol–water partition coefficient (Wildman–Crippen LogP) is -0.863. The van der Waals surface area contributed by atoms with Crippen LogP contribution >= 0.6 is 0 Å². The van der Waals surface area contributed by atoms with Gasteiger partial charge in [0.25, 0.3) is 0 Å². The Morgan fingerprint density at radius 3 is 2.89 bits per heavy atom. The fourth-order valence-electron chi connectivity index (χ4n) is 2.77. The van der Waals surface area contributed by atoms with E-state index >= 15 is 0 Å². The highest BCUT2D eigenvalue weighted by atomic mass is 32.2. The molecule has 110 valence electrons. The van der Waals surface area contributed by atoms with Gasteiger partial charge in [-0.3, -0.25) is 4.79 Å². The number of rotatable bonds is 2. The molecule has 7 heteroatoms. The van der Waals surface area contributed by atoms with E-state index in [2.05, 4.69) is 5.32 Å². The van der Waals surface area contributed by atoms with E-state index in [0.29, 0.717) is 26.1 Å². The van der Waals surface area contributed by atoms with Crippen LogP contribution in [0.3, 0.4) is 0 Å². The molecule has 2 heterocycles. The van der Waals surface area contributed by atoms with Crippen molar-refractivity contribution < 1.29 is 18.3 Å². The molecule has 2 fully saturated rings. The van der Waals surface area contributed by atoms with E-state index in [1.165, 1.54) is 0 Å². The Kier molecular flexibility index (Phi) is 4.17. The van der Waals surface area contributed by atoms with Gasteiger partial charge in [0.1, 0.15) is 0 Å². The van der Waals surface area contributed by atoms with E-state index in [1.54, 1.807) is 11.8 Å². The van der Waals surface area contributed by atoms with E-state index in [9.17, 15) is 18.3 Å². The molecule has 0 radical (unpaired) electrons. The second kappa shape index (κ2) is 5.38. The first-order valence-corrected chi connectivity index (χ1v) is 8.54. The Hall–Kier alpha value is -0.660. The molecular weight excluding hydrogens is 268 g/mol. The van der Waals surface area contributed by atoms with Gasteiger partial charge >= 0.3 is 0 Å². The molecule has 2 aliphatic heterocycles. The molecule has 1 amide bonds.